The summed E-state index contributed by atoms with van der Waals surface area (Å²) in [6, 6.07) is 13.6. The van der Waals surface area contributed by atoms with Gasteiger partial charge in [-0.3, -0.25) is 4.90 Å². The molecule has 2 heterocycles. The highest BCUT2D eigenvalue weighted by atomic mass is 32.1. The summed E-state index contributed by atoms with van der Waals surface area (Å²) in [5.41, 5.74) is 4.23. The van der Waals surface area contributed by atoms with E-state index in [0.29, 0.717) is 6.42 Å². The quantitative estimate of drug-likeness (QED) is 0.647. The molecule has 0 spiro atoms. The highest BCUT2D eigenvalue weighted by Crippen LogP contribution is 2.34. The van der Waals surface area contributed by atoms with E-state index in [4.69, 9.17) is 5.26 Å². The summed E-state index contributed by atoms with van der Waals surface area (Å²) < 4.78 is 0. The van der Waals surface area contributed by atoms with Crippen molar-refractivity contribution in [3.05, 3.63) is 46.2 Å². The zero-order valence-electron chi connectivity index (χ0n) is 16.0. The van der Waals surface area contributed by atoms with Crippen LogP contribution in [0.2, 0.25) is 0 Å². The topological polar surface area (TPSA) is 27.0 Å². The summed E-state index contributed by atoms with van der Waals surface area (Å²) in [4.78, 5) is 3.88. The number of nitrogens with zero attached hydrogens (tertiary/aromatic N) is 2. The van der Waals surface area contributed by atoms with Crippen LogP contribution in [0.5, 0.6) is 0 Å². The predicted octanol–water partition coefficient (Wildman–Crippen LogP) is 6.27. The molecule has 0 atom stereocenters. The molecule has 2 nitrogen and oxygen atoms in total. The molecule has 0 amide bonds. The molecular weight excluding hydrogens is 324 g/mol. The van der Waals surface area contributed by atoms with Gasteiger partial charge in [0, 0.05) is 17.8 Å². The Morgan fingerprint density at radius 3 is 2.28 bits per heavy atom. The molecule has 1 aliphatic heterocycles. The van der Waals surface area contributed by atoms with Gasteiger partial charge in [-0.25, -0.2) is 0 Å². The third kappa shape index (κ3) is 5.42. The fourth-order valence-electron chi connectivity index (χ4n) is 3.27. The smallest absolute Gasteiger partial charge is 0.0627 e. The predicted molar refractivity (Wildman–Crippen MR) is 109 cm³/mol. The second kappa shape index (κ2) is 9.17. The molecule has 134 valence electrons. The van der Waals surface area contributed by atoms with Crippen molar-refractivity contribution in [2.75, 3.05) is 13.1 Å². The Hall–Kier alpha value is -1.63. The second-order valence-corrected chi connectivity index (χ2v) is 8.18. The Bertz CT molecular complexity index is 686. The summed E-state index contributed by atoms with van der Waals surface area (Å²) in [5.74, 6) is 0. The van der Waals surface area contributed by atoms with Crippen LogP contribution in [-0.4, -0.2) is 18.0 Å². The molecular formula is C22H30N2S. The van der Waals surface area contributed by atoms with Crippen LogP contribution in [0.25, 0.3) is 11.1 Å². The lowest BCUT2D eigenvalue weighted by Gasteiger charge is -2.38. The molecule has 1 aromatic heterocycles. The molecule has 0 bridgehead atoms. The van der Waals surface area contributed by atoms with E-state index in [1.54, 1.807) is 11.3 Å². The van der Waals surface area contributed by atoms with Gasteiger partial charge in [0.1, 0.15) is 0 Å². The van der Waals surface area contributed by atoms with Crippen LogP contribution in [0.3, 0.4) is 0 Å². The molecule has 25 heavy (non-hydrogen) atoms. The van der Waals surface area contributed by atoms with Gasteiger partial charge >= 0.3 is 0 Å². The van der Waals surface area contributed by atoms with Gasteiger partial charge in [0.15, 0.2) is 0 Å². The van der Waals surface area contributed by atoms with Crippen molar-refractivity contribution in [1.29, 1.82) is 5.26 Å². The van der Waals surface area contributed by atoms with Crippen LogP contribution in [0.15, 0.2) is 35.7 Å². The first-order chi connectivity index (χ1) is 12.1. The molecule has 0 radical (unpaired) electrons. The molecule has 3 rings (SSSR count). The minimum atomic E-state index is 0.228. The lowest BCUT2D eigenvalue weighted by Crippen LogP contribution is -2.38. The zero-order valence-corrected chi connectivity index (χ0v) is 16.8. The average molecular weight is 355 g/mol. The van der Waals surface area contributed by atoms with Crippen LogP contribution in [-0.2, 0) is 6.54 Å². The lowest BCUT2D eigenvalue weighted by atomic mass is 9.78. The second-order valence-electron chi connectivity index (χ2n) is 7.06. The van der Waals surface area contributed by atoms with Gasteiger partial charge in [0.05, 0.1) is 6.07 Å². The Morgan fingerprint density at radius 1 is 1.12 bits per heavy atom. The number of aryl methyl sites for hydroxylation is 1. The summed E-state index contributed by atoms with van der Waals surface area (Å²) in [6.45, 7) is 11.6. The van der Waals surface area contributed by atoms with Crippen molar-refractivity contribution in [3.8, 4) is 17.2 Å². The van der Waals surface area contributed by atoms with Gasteiger partial charge < -0.3 is 0 Å². The Balaban J connectivity index is 0.00000109. The van der Waals surface area contributed by atoms with Crippen molar-refractivity contribution in [2.45, 2.75) is 53.5 Å². The number of benzene rings is 1. The Labute approximate surface area is 157 Å². The van der Waals surface area contributed by atoms with E-state index < -0.39 is 0 Å². The number of nitriles is 1. The maximum absolute atomic E-state index is 8.94. The third-order valence-corrected chi connectivity index (χ3v) is 5.85. The molecule has 1 fully saturated rings. The molecule has 2 aromatic rings. The first kappa shape index (κ1) is 19.7. The third-order valence-electron chi connectivity index (χ3n) is 4.99. The van der Waals surface area contributed by atoms with E-state index in [2.05, 4.69) is 60.5 Å². The van der Waals surface area contributed by atoms with Gasteiger partial charge in [-0.2, -0.15) is 5.26 Å². The average Bonchev–Trinajstić information content (AvgIpc) is 3.06. The molecule has 1 aliphatic rings. The number of likely N-dealkylation sites (tertiary alicyclic amines) is 1. The Morgan fingerprint density at radius 2 is 1.76 bits per heavy atom. The molecule has 0 saturated carbocycles. The van der Waals surface area contributed by atoms with Crippen LogP contribution in [0, 0.1) is 23.7 Å². The minimum absolute atomic E-state index is 0.228. The molecule has 0 unspecified atom stereocenters. The van der Waals surface area contributed by atoms with Gasteiger partial charge in [-0.1, -0.05) is 45.0 Å². The first-order valence-corrected chi connectivity index (χ1v) is 10.2. The zero-order chi connectivity index (χ0) is 18.3. The molecule has 3 heteroatoms. The van der Waals surface area contributed by atoms with E-state index in [0.717, 1.165) is 32.5 Å². The largest absolute Gasteiger partial charge is 0.299 e. The van der Waals surface area contributed by atoms with Crippen molar-refractivity contribution in [3.63, 3.8) is 0 Å². The van der Waals surface area contributed by atoms with Gasteiger partial charge in [0.25, 0.3) is 0 Å². The summed E-state index contributed by atoms with van der Waals surface area (Å²) >= 11 is 1.80. The minimum Gasteiger partial charge on any atom is -0.299 e. The van der Waals surface area contributed by atoms with Crippen LogP contribution in [0.4, 0.5) is 0 Å². The number of hydrogen-bond donors (Lipinski definition) is 0. The van der Waals surface area contributed by atoms with Crippen molar-refractivity contribution in [2.24, 2.45) is 5.41 Å². The van der Waals surface area contributed by atoms with E-state index in [1.807, 2.05) is 13.8 Å². The van der Waals surface area contributed by atoms with Crippen LogP contribution in [0.1, 0.15) is 50.5 Å². The normalized spacial score (nSPS) is 16.6. The Kier molecular flexibility index (Phi) is 7.23. The number of piperidine rings is 1. The summed E-state index contributed by atoms with van der Waals surface area (Å²) in [5, 5.41) is 11.2. The standard InChI is InChI=1S/C20H24N2S.C2H6/c1-16-13-19(15-23-16)18-5-3-17(4-6-18)14-22-11-8-20(2,7-10-21)9-12-22;1-2/h3-6,13,15H,7-9,11-12,14H2,1-2H3;1-2H3. The number of thiophene rings is 1. The first-order valence-electron chi connectivity index (χ1n) is 9.32. The SMILES string of the molecule is CC.Cc1cc(-c2ccc(CN3CCC(C)(CC#N)CC3)cc2)cs1. The fourth-order valence-corrected chi connectivity index (χ4v) is 3.99. The van der Waals surface area contributed by atoms with E-state index >= 15 is 0 Å². The molecule has 1 aromatic carbocycles. The van der Waals surface area contributed by atoms with Gasteiger partial charge in [-0.15, -0.1) is 11.3 Å². The molecule has 0 aliphatic carbocycles. The highest BCUT2D eigenvalue weighted by molar-refractivity contribution is 7.10. The van der Waals surface area contributed by atoms with Gasteiger partial charge in [-0.05, 0) is 66.4 Å². The van der Waals surface area contributed by atoms with Crippen molar-refractivity contribution >= 4 is 11.3 Å². The number of hydrogen-bond acceptors (Lipinski definition) is 3. The fraction of sp³-hybridized carbons (Fsp3) is 0.500. The van der Waals surface area contributed by atoms with E-state index in [1.165, 1.54) is 21.6 Å². The summed E-state index contributed by atoms with van der Waals surface area (Å²) in [6.07, 6.45) is 2.95. The highest BCUT2D eigenvalue weighted by Gasteiger charge is 2.29. The van der Waals surface area contributed by atoms with Crippen molar-refractivity contribution < 1.29 is 0 Å². The van der Waals surface area contributed by atoms with Crippen LogP contribution >= 0.6 is 11.3 Å². The van der Waals surface area contributed by atoms with Crippen LogP contribution < -0.4 is 0 Å². The van der Waals surface area contributed by atoms with Crippen molar-refractivity contribution in [1.82, 2.24) is 4.90 Å². The van der Waals surface area contributed by atoms with E-state index in [-0.39, 0.29) is 5.41 Å². The summed E-state index contributed by atoms with van der Waals surface area (Å²) in [7, 11) is 0. The van der Waals surface area contributed by atoms with Gasteiger partial charge in [0.2, 0.25) is 0 Å². The maximum Gasteiger partial charge on any atom is 0.0627 e. The monoisotopic (exact) mass is 354 g/mol. The molecule has 1 saturated heterocycles. The number of rotatable bonds is 4. The maximum atomic E-state index is 8.94. The lowest BCUT2D eigenvalue weighted by molar-refractivity contribution is 0.116. The molecule has 0 N–H and O–H groups in total. The van der Waals surface area contributed by atoms with E-state index in [9.17, 15) is 0 Å².